The number of aromatic amines is 1. The van der Waals surface area contributed by atoms with Crippen LogP contribution in [0.2, 0.25) is 0 Å². The van der Waals surface area contributed by atoms with Gasteiger partial charge in [-0.15, -0.1) is 5.10 Å². The molecule has 0 amide bonds. The summed E-state index contributed by atoms with van der Waals surface area (Å²) in [5.74, 6) is -0.787. The SMILES string of the molecule is CCOC(=O)c1ncc(=O)[nH]n1. The lowest BCUT2D eigenvalue weighted by Gasteiger charge is -1.96. The number of nitrogens with zero attached hydrogens (tertiary/aromatic N) is 2. The smallest absolute Gasteiger partial charge is 0.378 e. The zero-order chi connectivity index (χ0) is 8.97. The molecule has 1 rings (SSSR count). The molecule has 0 unspecified atom stereocenters. The molecule has 0 aliphatic rings. The van der Waals surface area contributed by atoms with Crippen LogP contribution in [0.1, 0.15) is 17.5 Å². The summed E-state index contributed by atoms with van der Waals surface area (Å²) in [5, 5.41) is 5.44. The second-order valence-electron chi connectivity index (χ2n) is 1.89. The summed E-state index contributed by atoms with van der Waals surface area (Å²) in [7, 11) is 0. The van der Waals surface area contributed by atoms with E-state index in [-0.39, 0.29) is 12.4 Å². The summed E-state index contributed by atoms with van der Waals surface area (Å²) in [6, 6.07) is 0. The van der Waals surface area contributed by atoms with Gasteiger partial charge in [-0.2, -0.15) is 0 Å². The van der Waals surface area contributed by atoms with Gasteiger partial charge in [-0.25, -0.2) is 14.9 Å². The van der Waals surface area contributed by atoms with E-state index < -0.39 is 11.5 Å². The summed E-state index contributed by atoms with van der Waals surface area (Å²) in [4.78, 5) is 24.8. The second-order valence-corrected chi connectivity index (χ2v) is 1.89. The molecule has 1 heterocycles. The molecular formula is C6H7N3O3. The molecule has 6 nitrogen and oxygen atoms in total. The van der Waals surface area contributed by atoms with Crippen LogP contribution in [0.15, 0.2) is 11.0 Å². The molecule has 0 aliphatic heterocycles. The Morgan fingerprint density at radius 1 is 1.75 bits per heavy atom. The van der Waals surface area contributed by atoms with Crippen molar-refractivity contribution in [1.82, 2.24) is 15.2 Å². The highest BCUT2D eigenvalue weighted by Crippen LogP contribution is 1.87. The van der Waals surface area contributed by atoms with Gasteiger partial charge in [-0.05, 0) is 6.92 Å². The highest BCUT2D eigenvalue weighted by Gasteiger charge is 2.08. The monoisotopic (exact) mass is 169 g/mol. The maximum absolute atomic E-state index is 10.9. The van der Waals surface area contributed by atoms with Gasteiger partial charge < -0.3 is 4.74 Å². The van der Waals surface area contributed by atoms with Crippen molar-refractivity contribution >= 4 is 5.97 Å². The van der Waals surface area contributed by atoms with E-state index in [0.717, 1.165) is 6.20 Å². The van der Waals surface area contributed by atoms with Crippen LogP contribution < -0.4 is 5.56 Å². The predicted molar refractivity (Wildman–Crippen MR) is 38.6 cm³/mol. The first kappa shape index (κ1) is 8.38. The van der Waals surface area contributed by atoms with Gasteiger partial charge in [0, 0.05) is 0 Å². The number of esters is 1. The van der Waals surface area contributed by atoms with Crippen molar-refractivity contribution in [3.05, 3.63) is 22.4 Å². The fourth-order valence-corrected chi connectivity index (χ4v) is 0.580. The molecular weight excluding hydrogens is 162 g/mol. The van der Waals surface area contributed by atoms with E-state index in [1.54, 1.807) is 6.92 Å². The molecule has 0 spiro atoms. The lowest BCUT2D eigenvalue weighted by Crippen LogP contribution is -2.16. The Hall–Kier alpha value is -1.72. The van der Waals surface area contributed by atoms with Crippen LogP contribution in [-0.4, -0.2) is 27.8 Å². The first-order valence-corrected chi connectivity index (χ1v) is 3.33. The van der Waals surface area contributed by atoms with Gasteiger partial charge in [0.25, 0.3) is 11.4 Å². The number of nitrogens with one attached hydrogen (secondary N) is 1. The van der Waals surface area contributed by atoms with E-state index in [9.17, 15) is 9.59 Å². The zero-order valence-electron chi connectivity index (χ0n) is 6.40. The normalized spacial score (nSPS) is 9.42. The summed E-state index contributed by atoms with van der Waals surface area (Å²) >= 11 is 0. The largest absolute Gasteiger partial charge is 0.460 e. The molecule has 6 heteroatoms. The maximum atomic E-state index is 10.9. The van der Waals surface area contributed by atoms with Crippen LogP contribution in [0.3, 0.4) is 0 Å². The summed E-state index contributed by atoms with van der Waals surface area (Å²) in [6.45, 7) is 1.92. The Labute approximate surface area is 67.6 Å². The van der Waals surface area contributed by atoms with E-state index >= 15 is 0 Å². The quantitative estimate of drug-likeness (QED) is 0.594. The minimum atomic E-state index is -0.645. The molecule has 1 N–H and O–H groups in total. The number of hydrogen-bond donors (Lipinski definition) is 1. The van der Waals surface area contributed by atoms with Crippen LogP contribution in [0.5, 0.6) is 0 Å². The van der Waals surface area contributed by atoms with Gasteiger partial charge in [0.2, 0.25) is 0 Å². The van der Waals surface area contributed by atoms with Gasteiger partial charge in [0.15, 0.2) is 0 Å². The van der Waals surface area contributed by atoms with Crippen LogP contribution in [-0.2, 0) is 4.74 Å². The van der Waals surface area contributed by atoms with E-state index in [2.05, 4.69) is 19.9 Å². The fourth-order valence-electron chi connectivity index (χ4n) is 0.580. The first-order valence-electron chi connectivity index (χ1n) is 3.33. The van der Waals surface area contributed by atoms with Crippen molar-refractivity contribution in [3.63, 3.8) is 0 Å². The highest BCUT2D eigenvalue weighted by atomic mass is 16.5. The van der Waals surface area contributed by atoms with Crippen molar-refractivity contribution < 1.29 is 9.53 Å². The molecule has 0 fully saturated rings. The molecule has 12 heavy (non-hydrogen) atoms. The Balaban J connectivity index is 2.82. The average Bonchev–Trinajstić information content (AvgIpc) is 2.06. The van der Waals surface area contributed by atoms with Crippen molar-refractivity contribution in [3.8, 4) is 0 Å². The fraction of sp³-hybridized carbons (Fsp3) is 0.333. The third kappa shape index (κ3) is 1.88. The van der Waals surface area contributed by atoms with Crippen molar-refractivity contribution in [1.29, 1.82) is 0 Å². The molecule has 0 aromatic carbocycles. The predicted octanol–water partition coefficient (Wildman–Crippen LogP) is -0.658. The maximum Gasteiger partial charge on any atom is 0.378 e. The van der Waals surface area contributed by atoms with Crippen molar-refractivity contribution in [2.24, 2.45) is 0 Å². The third-order valence-electron chi connectivity index (χ3n) is 1.03. The Morgan fingerprint density at radius 2 is 2.50 bits per heavy atom. The van der Waals surface area contributed by atoms with Gasteiger partial charge in [-0.1, -0.05) is 0 Å². The molecule has 0 aliphatic carbocycles. The number of carbonyl (C=O) groups is 1. The van der Waals surface area contributed by atoms with E-state index in [4.69, 9.17) is 0 Å². The molecule has 1 aromatic rings. The van der Waals surface area contributed by atoms with Crippen molar-refractivity contribution in [2.75, 3.05) is 6.61 Å². The molecule has 0 radical (unpaired) electrons. The topological polar surface area (TPSA) is 84.9 Å². The lowest BCUT2D eigenvalue weighted by molar-refractivity contribution is 0.0510. The minimum absolute atomic E-state index is 0.142. The second kappa shape index (κ2) is 3.61. The number of H-pyrrole nitrogens is 1. The number of carbonyl (C=O) groups excluding carboxylic acids is 1. The summed E-state index contributed by atoms with van der Waals surface area (Å²) in [6.07, 6.45) is 0.971. The number of rotatable bonds is 2. The number of aromatic nitrogens is 3. The summed E-state index contributed by atoms with van der Waals surface area (Å²) < 4.78 is 4.58. The molecule has 0 saturated heterocycles. The lowest BCUT2D eigenvalue weighted by atomic mass is 10.6. The standard InChI is InChI=1S/C6H7N3O3/c1-2-12-6(11)5-7-3-4(10)8-9-5/h3H,2H2,1H3,(H,8,10). The first-order chi connectivity index (χ1) is 5.74. The number of ether oxygens (including phenoxy) is 1. The van der Waals surface area contributed by atoms with E-state index in [0.29, 0.717) is 0 Å². The van der Waals surface area contributed by atoms with Gasteiger partial charge in [0.1, 0.15) is 0 Å². The van der Waals surface area contributed by atoms with Crippen LogP contribution in [0, 0.1) is 0 Å². The molecule has 64 valence electrons. The highest BCUT2D eigenvalue weighted by molar-refractivity contribution is 5.84. The Kier molecular flexibility index (Phi) is 2.52. The average molecular weight is 169 g/mol. The van der Waals surface area contributed by atoms with Crippen molar-refractivity contribution in [2.45, 2.75) is 6.92 Å². The molecule has 0 atom stereocenters. The Morgan fingerprint density at radius 3 is 3.00 bits per heavy atom. The molecule has 0 bridgehead atoms. The zero-order valence-corrected chi connectivity index (χ0v) is 6.40. The molecule has 0 saturated carbocycles. The van der Waals surface area contributed by atoms with E-state index in [1.165, 1.54) is 0 Å². The molecule has 1 aromatic heterocycles. The Bertz CT molecular complexity index is 313. The van der Waals surface area contributed by atoms with Crippen LogP contribution >= 0.6 is 0 Å². The van der Waals surface area contributed by atoms with Gasteiger partial charge in [0.05, 0.1) is 12.8 Å². The summed E-state index contributed by atoms with van der Waals surface area (Å²) in [5.41, 5.74) is -0.456. The van der Waals surface area contributed by atoms with Gasteiger partial charge >= 0.3 is 5.97 Å². The third-order valence-corrected chi connectivity index (χ3v) is 1.03. The van der Waals surface area contributed by atoms with Gasteiger partial charge in [-0.3, -0.25) is 4.79 Å². The van der Waals surface area contributed by atoms with Crippen LogP contribution in [0.4, 0.5) is 0 Å². The van der Waals surface area contributed by atoms with Crippen LogP contribution in [0.25, 0.3) is 0 Å². The van der Waals surface area contributed by atoms with E-state index in [1.807, 2.05) is 0 Å². The number of hydrogen-bond acceptors (Lipinski definition) is 5. The minimum Gasteiger partial charge on any atom is -0.460 e.